The van der Waals surface area contributed by atoms with Crippen LogP contribution in [0.5, 0.6) is 5.75 Å². The van der Waals surface area contributed by atoms with E-state index < -0.39 is 21.8 Å². The van der Waals surface area contributed by atoms with Gasteiger partial charge in [0.25, 0.3) is 21.8 Å². The van der Waals surface area contributed by atoms with Gasteiger partial charge in [0, 0.05) is 7.05 Å². The van der Waals surface area contributed by atoms with E-state index >= 15 is 0 Å². The van der Waals surface area contributed by atoms with Gasteiger partial charge in [-0.15, -0.1) is 0 Å². The monoisotopic (exact) mass is 467 g/mol. The number of carbonyl (C=O) groups excluding carboxylic acids is 2. The van der Waals surface area contributed by atoms with Gasteiger partial charge in [0.2, 0.25) is 0 Å². The molecule has 3 aromatic carbocycles. The van der Waals surface area contributed by atoms with Crippen LogP contribution in [0.25, 0.3) is 0 Å². The maximum absolute atomic E-state index is 13.1. The normalized spacial score (nSPS) is 11.8. The largest absolute Gasteiger partial charge is 0.496 e. The Bertz CT molecular complexity index is 1260. The molecule has 33 heavy (non-hydrogen) atoms. The third kappa shape index (κ3) is 5.50. The first kappa shape index (κ1) is 23.8. The Balaban J connectivity index is 1.88. The van der Waals surface area contributed by atoms with Crippen molar-refractivity contribution < 1.29 is 22.7 Å². The lowest BCUT2D eigenvalue weighted by molar-refractivity contribution is 0.0937. The Hall–Kier alpha value is -3.85. The predicted molar refractivity (Wildman–Crippen MR) is 126 cm³/mol. The molecule has 0 spiro atoms. The molecule has 0 aliphatic rings. The molecule has 3 N–H and O–H groups in total. The quantitative estimate of drug-likeness (QED) is 0.470. The molecule has 0 unspecified atom stereocenters. The van der Waals surface area contributed by atoms with Crippen LogP contribution >= 0.6 is 0 Å². The van der Waals surface area contributed by atoms with Crippen LogP contribution in [-0.2, 0) is 10.0 Å². The Morgan fingerprint density at radius 3 is 2.21 bits per heavy atom. The molecule has 0 radical (unpaired) electrons. The zero-order valence-electron chi connectivity index (χ0n) is 18.5. The maximum Gasteiger partial charge on any atom is 0.261 e. The van der Waals surface area contributed by atoms with Crippen molar-refractivity contribution in [2.75, 3.05) is 18.9 Å². The fourth-order valence-electron chi connectivity index (χ4n) is 3.24. The summed E-state index contributed by atoms with van der Waals surface area (Å²) in [5, 5.41) is 5.33. The van der Waals surface area contributed by atoms with Gasteiger partial charge in [-0.25, -0.2) is 8.42 Å². The van der Waals surface area contributed by atoms with E-state index in [9.17, 15) is 18.0 Å². The van der Waals surface area contributed by atoms with Crippen molar-refractivity contribution in [2.45, 2.75) is 17.9 Å². The smallest absolute Gasteiger partial charge is 0.261 e. The Morgan fingerprint density at radius 1 is 0.879 bits per heavy atom. The van der Waals surface area contributed by atoms with Crippen LogP contribution in [-0.4, -0.2) is 34.4 Å². The van der Waals surface area contributed by atoms with E-state index in [1.165, 1.54) is 44.5 Å². The summed E-state index contributed by atoms with van der Waals surface area (Å²) in [5.74, 6) is -0.674. The summed E-state index contributed by atoms with van der Waals surface area (Å²) >= 11 is 0. The van der Waals surface area contributed by atoms with Crippen molar-refractivity contribution in [3.05, 3.63) is 89.5 Å². The van der Waals surface area contributed by atoms with E-state index in [-0.39, 0.29) is 33.5 Å². The first-order valence-corrected chi connectivity index (χ1v) is 11.6. The van der Waals surface area contributed by atoms with E-state index in [1.807, 2.05) is 37.3 Å². The number of anilines is 1. The number of ether oxygens (including phenoxy) is 1. The molecule has 0 bridgehead atoms. The average Bonchev–Trinajstić information content (AvgIpc) is 2.83. The van der Waals surface area contributed by atoms with E-state index in [2.05, 4.69) is 15.4 Å². The minimum absolute atomic E-state index is 0.0746. The second kappa shape index (κ2) is 10.2. The summed E-state index contributed by atoms with van der Waals surface area (Å²) in [6.45, 7) is 1.84. The minimum atomic E-state index is -4.10. The van der Waals surface area contributed by atoms with Gasteiger partial charge in [-0.05, 0) is 42.8 Å². The lowest BCUT2D eigenvalue weighted by atomic mass is 10.1. The van der Waals surface area contributed by atoms with Crippen molar-refractivity contribution in [1.82, 2.24) is 10.6 Å². The highest BCUT2D eigenvalue weighted by Crippen LogP contribution is 2.26. The van der Waals surface area contributed by atoms with Gasteiger partial charge >= 0.3 is 0 Å². The minimum Gasteiger partial charge on any atom is -0.496 e. The zero-order valence-corrected chi connectivity index (χ0v) is 19.3. The molecule has 0 saturated heterocycles. The molecule has 1 atom stereocenters. The third-order valence-electron chi connectivity index (χ3n) is 5.02. The van der Waals surface area contributed by atoms with E-state index in [4.69, 9.17) is 4.74 Å². The molecule has 9 heteroatoms. The van der Waals surface area contributed by atoms with Crippen LogP contribution in [0.15, 0.2) is 77.7 Å². The molecule has 172 valence electrons. The lowest BCUT2D eigenvalue weighted by Crippen LogP contribution is -2.28. The number of sulfonamides is 1. The van der Waals surface area contributed by atoms with Crippen LogP contribution in [0, 0.1) is 0 Å². The molecule has 0 aliphatic carbocycles. The van der Waals surface area contributed by atoms with Crippen LogP contribution < -0.4 is 20.1 Å². The van der Waals surface area contributed by atoms with Crippen LogP contribution in [0.4, 0.5) is 5.69 Å². The number of nitrogens with one attached hydrogen (secondary N) is 3. The number of hydrogen-bond donors (Lipinski definition) is 3. The van der Waals surface area contributed by atoms with E-state index in [0.29, 0.717) is 0 Å². The second-order valence-electron chi connectivity index (χ2n) is 7.20. The zero-order chi connectivity index (χ0) is 24.0. The number of methoxy groups -OCH3 is 1. The van der Waals surface area contributed by atoms with Crippen LogP contribution in [0.1, 0.15) is 39.2 Å². The topological polar surface area (TPSA) is 114 Å². The fraction of sp³-hybridized carbons (Fsp3) is 0.167. The van der Waals surface area contributed by atoms with Gasteiger partial charge < -0.3 is 15.4 Å². The fourth-order valence-corrected chi connectivity index (χ4v) is 4.35. The Labute approximate surface area is 193 Å². The summed E-state index contributed by atoms with van der Waals surface area (Å²) < 4.78 is 33.7. The number of benzene rings is 3. The Kier molecular flexibility index (Phi) is 7.34. The highest BCUT2D eigenvalue weighted by atomic mass is 32.2. The van der Waals surface area contributed by atoms with Crippen molar-refractivity contribution in [2.24, 2.45) is 0 Å². The first-order chi connectivity index (χ1) is 15.8. The molecular weight excluding hydrogens is 442 g/mol. The van der Waals surface area contributed by atoms with E-state index in [1.54, 1.807) is 12.1 Å². The summed E-state index contributed by atoms with van der Waals surface area (Å²) in [7, 11) is -1.28. The molecule has 2 amide bonds. The molecule has 0 heterocycles. The summed E-state index contributed by atoms with van der Waals surface area (Å²) in [6.07, 6.45) is 0. The molecule has 0 saturated carbocycles. The van der Waals surface area contributed by atoms with Crippen molar-refractivity contribution in [3.63, 3.8) is 0 Å². The van der Waals surface area contributed by atoms with Gasteiger partial charge in [-0.2, -0.15) is 0 Å². The van der Waals surface area contributed by atoms with Gasteiger partial charge in [-0.1, -0.05) is 42.5 Å². The molecule has 3 aromatic rings. The van der Waals surface area contributed by atoms with Crippen molar-refractivity contribution in [3.8, 4) is 5.75 Å². The summed E-state index contributed by atoms with van der Waals surface area (Å²) in [5.41, 5.74) is 1.28. The number of para-hydroxylation sites is 1. The average molecular weight is 468 g/mol. The maximum atomic E-state index is 13.1. The van der Waals surface area contributed by atoms with Gasteiger partial charge in [-0.3, -0.25) is 14.3 Å². The van der Waals surface area contributed by atoms with Gasteiger partial charge in [0.1, 0.15) is 5.75 Å². The molecule has 3 rings (SSSR count). The summed E-state index contributed by atoms with van der Waals surface area (Å²) in [4.78, 5) is 24.9. The molecule has 0 fully saturated rings. The highest BCUT2D eigenvalue weighted by Gasteiger charge is 2.22. The number of carbonyl (C=O) groups is 2. The SMILES string of the molecule is CNC(=O)c1cc(S(=O)(=O)Nc2ccccc2C(=O)N[C@H](C)c2ccccc2)ccc1OC. The third-order valence-corrected chi connectivity index (χ3v) is 6.38. The molecular formula is C24H25N3O5S. The first-order valence-electron chi connectivity index (χ1n) is 10.1. The van der Waals surface area contributed by atoms with Crippen molar-refractivity contribution in [1.29, 1.82) is 0 Å². The predicted octanol–water partition coefficient (Wildman–Crippen LogP) is 3.35. The second-order valence-corrected chi connectivity index (χ2v) is 8.88. The number of rotatable bonds is 8. The summed E-state index contributed by atoms with van der Waals surface area (Å²) in [6, 6.07) is 19.4. The number of hydrogen-bond acceptors (Lipinski definition) is 5. The van der Waals surface area contributed by atoms with Crippen molar-refractivity contribution >= 4 is 27.5 Å². The van der Waals surface area contributed by atoms with Gasteiger partial charge in [0.15, 0.2) is 0 Å². The van der Waals surface area contributed by atoms with Gasteiger partial charge in [0.05, 0.1) is 34.9 Å². The Morgan fingerprint density at radius 2 is 1.55 bits per heavy atom. The highest BCUT2D eigenvalue weighted by molar-refractivity contribution is 7.92. The van der Waals surface area contributed by atoms with Crippen LogP contribution in [0.2, 0.25) is 0 Å². The lowest BCUT2D eigenvalue weighted by Gasteiger charge is -2.17. The molecule has 0 aromatic heterocycles. The van der Waals surface area contributed by atoms with Crippen LogP contribution in [0.3, 0.4) is 0 Å². The molecule has 0 aliphatic heterocycles. The van der Waals surface area contributed by atoms with E-state index in [0.717, 1.165) is 5.56 Å². The molecule has 8 nitrogen and oxygen atoms in total. The standard InChI is InChI=1S/C24H25N3O5S/c1-16(17-9-5-4-6-10-17)26-24(29)19-11-7-8-12-21(19)27-33(30,31)18-13-14-22(32-3)20(15-18)23(28)25-2/h4-16,27H,1-3H3,(H,25,28)(H,26,29)/t16-/m1/s1. The number of amides is 2.